The number of nitrogens with zero attached hydrogens (tertiary/aromatic N) is 1. The highest BCUT2D eigenvalue weighted by molar-refractivity contribution is 5.91. The number of carbonyl (C=O) groups is 1. The summed E-state index contributed by atoms with van der Waals surface area (Å²) in [6.45, 7) is 1.95. The molecule has 136 valence electrons. The van der Waals surface area contributed by atoms with Gasteiger partial charge in [-0.2, -0.15) is 5.26 Å². The van der Waals surface area contributed by atoms with E-state index >= 15 is 0 Å². The molecule has 6 heteroatoms. The van der Waals surface area contributed by atoms with Gasteiger partial charge in [0.15, 0.2) is 0 Å². The fraction of sp³-hybridized carbons (Fsp3) is 0.200. The molecule has 0 heterocycles. The van der Waals surface area contributed by atoms with Gasteiger partial charge in [0.2, 0.25) is 0 Å². The summed E-state index contributed by atoms with van der Waals surface area (Å²) < 4.78 is 32.0. The molecule has 0 bridgehead atoms. The number of aryl methyl sites for hydroxylation is 1. The Kier molecular flexibility index (Phi) is 8.68. The van der Waals surface area contributed by atoms with Gasteiger partial charge < -0.3 is 10.5 Å². The largest absolute Gasteiger partial charge is 0.423 e. The van der Waals surface area contributed by atoms with Gasteiger partial charge in [0.25, 0.3) is 0 Å². The molecule has 0 atom stereocenters. The van der Waals surface area contributed by atoms with Gasteiger partial charge in [-0.3, -0.25) is 0 Å². The van der Waals surface area contributed by atoms with E-state index in [1.54, 1.807) is 24.3 Å². The first-order chi connectivity index (χ1) is 12.5. The zero-order valence-corrected chi connectivity index (χ0v) is 14.6. The van der Waals surface area contributed by atoms with Crippen LogP contribution in [0, 0.1) is 23.0 Å². The summed E-state index contributed by atoms with van der Waals surface area (Å²) in [6, 6.07) is 9.84. The number of ether oxygens (including phenoxy) is 1. The number of nitrogens with two attached hydrogens (primary N) is 1. The average molecular weight is 358 g/mol. The normalized spacial score (nSPS) is 10.0. The maximum atomic E-state index is 13.5. The number of allylic oxidation sites excluding steroid dienone is 2. The van der Waals surface area contributed by atoms with Crippen molar-refractivity contribution < 1.29 is 18.3 Å². The number of esters is 1. The third-order valence-corrected chi connectivity index (χ3v) is 3.36. The summed E-state index contributed by atoms with van der Waals surface area (Å²) in [5, 5.41) is 8.61. The van der Waals surface area contributed by atoms with Crippen molar-refractivity contribution in [2.45, 2.75) is 19.8 Å². The number of hydrogen-bond acceptors (Lipinski definition) is 4. The Bertz CT molecular complexity index is 787. The van der Waals surface area contributed by atoms with Gasteiger partial charge in [-0.25, -0.2) is 13.6 Å². The Morgan fingerprint density at radius 3 is 2.27 bits per heavy atom. The van der Waals surface area contributed by atoms with Crippen LogP contribution in [-0.2, 0) is 6.42 Å². The van der Waals surface area contributed by atoms with Crippen LogP contribution < -0.4 is 10.5 Å². The lowest BCUT2D eigenvalue weighted by molar-refractivity contribution is 0.0734. The van der Waals surface area contributed by atoms with Crippen LogP contribution in [0.2, 0.25) is 0 Å². The molecule has 0 aliphatic carbocycles. The molecule has 0 saturated carbocycles. The van der Waals surface area contributed by atoms with Crippen molar-refractivity contribution in [3.05, 3.63) is 76.9 Å². The molecule has 0 aliphatic rings. The van der Waals surface area contributed by atoms with E-state index in [1.165, 1.54) is 13.1 Å². The monoisotopic (exact) mass is 358 g/mol. The van der Waals surface area contributed by atoms with Gasteiger partial charge in [-0.1, -0.05) is 24.3 Å². The van der Waals surface area contributed by atoms with Crippen LogP contribution in [0.25, 0.3) is 0 Å². The van der Waals surface area contributed by atoms with Crippen LogP contribution in [-0.4, -0.2) is 13.0 Å². The second kappa shape index (κ2) is 10.7. The molecule has 2 aromatic rings. The van der Waals surface area contributed by atoms with Crippen molar-refractivity contribution in [3.63, 3.8) is 0 Å². The van der Waals surface area contributed by atoms with Crippen molar-refractivity contribution in [2.24, 2.45) is 5.73 Å². The van der Waals surface area contributed by atoms with Crippen LogP contribution in [0.4, 0.5) is 8.78 Å². The molecule has 2 N–H and O–H groups in total. The first-order valence-corrected chi connectivity index (χ1v) is 7.94. The van der Waals surface area contributed by atoms with Gasteiger partial charge >= 0.3 is 5.97 Å². The highest BCUT2D eigenvalue weighted by Crippen LogP contribution is 2.21. The number of benzene rings is 2. The highest BCUT2D eigenvalue weighted by atomic mass is 19.1. The summed E-state index contributed by atoms with van der Waals surface area (Å²) in [7, 11) is 1.50. The molecule has 0 amide bonds. The van der Waals surface area contributed by atoms with Crippen molar-refractivity contribution in [1.29, 1.82) is 5.26 Å². The first-order valence-electron chi connectivity index (χ1n) is 7.94. The third kappa shape index (κ3) is 5.80. The van der Waals surface area contributed by atoms with Crippen molar-refractivity contribution in [2.75, 3.05) is 7.05 Å². The van der Waals surface area contributed by atoms with E-state index < -0.39 is 23.2 Å². The fourth-order valence-electron chi connectivity index (χ4n) is 2.11. The molecule has 4 nitrogen and oxygen atoms in total. The molecule has 0 fully saturated rings. The molecular formula is C20H20F2N2O2. The van der Waals surface area contributed by atoms with E-state index in [9.17, 15) is 13.6 Å². The molecule has 0 aliphatic heterocycles. The van der Waals surface area contributed by atoms with Crippen LogP contribution in [0.1, 0.15) is 34.8 Å². The summed E-state index contributed by atoms with van der Waals surface area (Å²) >= 11 is 0. The number of hydrogen-bond donors (Lipinski definition) is 1. The Balaban J connectivity index is 0.00000163. The lowest BCUT2D eigenvalue weighted by Gasteiger charge is -2.06. The quantitative estimate of drug-likeness (QED) is 0.495. The zero-order chi connectivity index (χ0) is 19.5. The van der Waals surface area contributed by atoms with E-state index in [1.807, 2.05) is 13.0 Å². The van der Waals surface area contributed by atoms with Crippen LogP contribution >= 0.6 is 0 Å². The molecule has 2 rings (SSSR count). The zero-order valence-electron chi connectivity index (χ0n) is 14.6. The molecule has 0 radical (unpaired) electrons. The predicted octanol–water partition coefficient (Wildman–Crippen LogP) is 4.14. The van der Waals surface area contributed by atoms with Crippen LogP contribution in [0.5, 0.6) is 5.75 Å². The predicted molar refractivity (Wildman–Crippen MR) is 95.7 cm³/mol. The molecule has 26 heavy (non-hydrogen) atoms. The Labute approximate surface area is 151 Å². The summed E-state index contributed by atoms with van der Waals surface area (Å²) in [5.74, 6) is -3.15. The second-order valence-corrected chi connectivity index (χ2v) is 5.07. The molecule has 2 aromatic carbocycles. The maximum absolute atomic E-state index is 13.5. The first kappa shape index (κ1) is 21.0. The minimum Gasteiger partial charge on any atom is -0.423 e. The molecule has 0 spiro atoms. The van der Waals surface area contributed by atoms with E-state index in [2.05, 4.69) is 11.8 Å². The summed E-state index contributed by atoms with van der Waals surface area (Å²) in [4.78, 5) is 12.0. The SMILES string of the molecule is CC=CCCc1ccc(C(=O)Oc2cc(F)c(C#N)c(F)c2)cc1.CN. The fourth-order valence-corrected chi connectivity index (χ4v) is 2.11. The van der Waals surface area contributed by atoms with Crippen molar-refractivity contribution >= 4 is 5.97 Å². The topological polar surface area (TPSA) is 76.1 Å². The van der Waals surface area contributed by atoms with E-state index in [0.29, 0.717) is 0 Å². The molecule has 0 unspecified atom stereocenters. The van der Waals surface area contributed by atoms with E-state index in [0.717, 1.165) is 30.5 Å². The smallest absolute Gasteiger partial charge is 0.343 e. The Hall–Kier alpha value is -3.04. The number of carbonyl (C=O) groups excluding carboxylic acids is 1. The molecular weight excluding hydrogens is 338 g/mol. The van der Waals surface area contributed by atoms with Crippen LogP contribution in [0.15, 0.2) is 48.6 Å². The lowest BCUT2D eigenvalue weighted by Crippen LogP contribution is -2.09. The number of rotatable bonds is 5. The van der Waals surface area contributed by atoms with Crippen molar-refractivity contribution in [1.82, 2.24) is 0 Å². The average Bonchev–Trinajstić information content (AvgIpc) is 2.64. The Morgan fingerprint density at radius 1 is 1.19 bits per heavy atom. The Morgan fingerprint density at radius 2 is 1.77 bits per heavy atom. The van der Waals surface area contributed by atoms with Gasteiger partial charge in [0.05, 0.1) is 5.56 Å². The molecule has 0 aromatic heterocycles. The summed E-state index contributed by atoms with van der Waals surface area (Å²) in [6.07, 6.45) is 5.79. The summed E-state index contributed by atoms with van der Waals surface area (Å²) in [5.41, 5.74) is 5.13. The van der Waals surface area contributed by atoms with Gasteiger partial charge in [-0.15, -0.1) is 0 Å². The van der Waals surface area contributed by atoms with Crippen molar-refractivity contribution in [3.8, 4) is 11.8 Å². The highest BCUT2D eigenvalue weighted by Gasteiger charge is 2.14. The lowest BCUT2D eigenvalue weighted by atomic mass is 10.1. The van der Waals surface area contributed by atoms with Gasteiger partial charge in [0, 0.05) is 12.1 Å². The second-order valence-electron chi connectivity index (χ2n) is 5.07. The van der Waals surface area contributed by atoms with Crippen LogP contribution in [0.3, 0.4) is 0 Å². The molecule has 0 saturated heterocycles. The minimum absolute atomic E-state index is 0.273. The number of halogens is 2. The van der Waals surface area contributed by atoms with Gasteiger partial charge in [-0.05, 0) is 44.5 Å². The minimum atomic E-state index is -1.07. The standard InChI is InChI=1S/C19H15F2NO2.CH5N/c1-2-3-4-5-13-6-8-14(9-7-13)19(23)24-15-10-17(20)16(12-22)18(21)11-15;1-2/h2-3,6-11H,4-5H2,1H3;2H2,1H3. The third-order valence-electron chi connectivity index (χ3n) is 3.36. The van der Waals surface area contributed by atoms with E-state index in [4.69, 9.17) is 10.00 Å². The number of nitriles is 1. The van der Waals surface area contributed by atoms with E-state index in [-0.39, 0.29) is 11.3 Å². The maximum Gasteiger partial charge on any atom is 0.343 e. The van der Waals surface area contributed by atoms with Gasteiger partial charge in [0.1, 0.15) is 29.0 Å².